The van der Waals surface area contributed by atoms with E-state index in [0.29, 0.717) is 47.9 Å². The first-order valence-corrected chi connectivity index (χ1v) is 14.5. The highest BCUT2D eigenvalue weighted by atomic mass is 19.3. The fraction of sp³-hybridized carbons (Fsp3) is 0.200. The van der Waals surface area contributed by atoms with Crippen molar-refractivity contribution in [2.45, 2.75) is 31.9 Å². The molecule has 0 spiro atoms. The lowest BCUT2D eigenvalue weighted by molar-refractivity contribution is -0.116. The van der Waals surface area contributed by atoms with Crippen LogP contribution in [0.1, 0.15) is 29.7 Å². The van der Waals surface area contributed by atoms with Crippen LogP contribution in [0.15, 0.2) is 89.5 Å². The predicted molar refractivity (Wildman–Crippen MR) is 166 cm³/mol. The summed E-state index contributed by atoms with van der Waals surface area (Å²) in [5.74, 6) is -4.00. The Morgan fingerprint density at radius 3 is 2.40 bits per heavy atom. The van der Waals surface area contributed by atoms with Crippen molar-refractivity contribution in [3.8, 4) is 22.3 Å². The lowest BCUT2D eigenvalue weighted by Gasteiger charge is -2.31. The van der Waals surface area contributed by atoms with Crippen LogP contribution in [0.3, 0.4) is 0 Å². The SMILES string of the molecule is Nc1ccc(C=CC(=O)NCc2cc3cc(-c4ccc(CN5CCC(F)(F)CC5)cc4)cc(-c4ccc(F)c(F)c4)c3o2)cn1. The summed E-state index contributed by atoms with van der Waals surface area (Å²) in [4.78, 5) is 18.5. The summed E-state index contributed by atoms with van der Waals surface area (Å²) in [7, 11) is 0. The van der Waals surface area contributed by atoms with Crippen LogP contribution in [0.5, 0.6) is 0 Å². The van der Waals surface area contributed by atoms with Gasteiger partial charge in [-0.25, -0.2) is 22.5 Å². The summed E-state index contributed by atoms with van der Waals surface area (Å²) in [6.45, 7) is 1.38. The Balaban J connectivity index is 1.24. The number of fused-ring (bicyclic) bond motifs is 1. The third-order valence-corrected chi connectivity index (χ3v) is 7.85. The first kappa shape index (κ1) is 30.1. The van der Waals surface area contributed by atoms with E-state index in [9.17, 15) is 22.4 Å². The van der Waals surface area contributed by atoms with Crippen LogP contribution in [-0.4, -0.2) is 34.8 Å². The van der Waals surface area contributed by atoms with Gasteiger partial charge in [0.15, 0.2) is 11.6 Å². The number of amides is 1. The molecule has 2 aromatic heterocycles. The van der Waals surface area contributed by atoms with Gasteiger partial charge in [-0.2, -0.15) is 0 Å². The third-order valence-electron chi connectivity index (χ3n) is 7.85. The maximum atomic E-state index is 14.3. The zero-order valence-corrected chi connectivity index (χ0v) is 24.2. The number of aromatic nitrogens is 1. The molecule has 10 heteroatoms. The van der Waals surface area contributed by atoms with E-state index in [1.54, 1.807) is 30.5 Å². The summed E-state index contributed by atoms with van der Waals surface area (Å²) >= 11 is 0. The molecule has 5 aromatic rings. The zero-order valence-electron chi connectivity index (χ0n) is 24.2. The lowest BCUT2D eigenvalue weighted by Crippen LogP contribution is -2.38. The number of halogens is 4. The molecule has 0 bridgehead atoms. The molecule has 1 aliphatic heterocycles. The van der Waals surface area contributed by atoms with E-state index >= 15 is 0 Å². The molecule has 45 heavy (non-hydrogen) atoms. The second-order valence-corrected chi connectivity index (χ2v) is 11.2. The van der Waals surface area contributed by atoms with Gasteiger partial charge in [0.1, 0.15) is 17.2 Å². The van der Waals surface area contributed by atoms with Crippen molar-refractivity contribution in [2.24, 2.45) is 0 Å². The molecule has 6 rings (SSSR count). The van der Waals surface area contributed by atoms with Gasteiger partial charge >= 0.3 is 0 Å². The molecule has 1 saturated heterocycles. The minimum atomic E-state index is -2.59. The third kappa shape index (κ3) is 7.24. The topological polar surface area (TPSA) is 84.4 Å². The van der Waals surface area contributed by atoms with Gasteiger partial charge in [0.25, 0.3) is 5.92 Å². The summed E-state index contributed by atoms with van der Waals surface area (Å²) in [6, 6.07) is 20.5. The second-order valence-electron chi connectivity index (χ2n) is 11.2. The van der Waals surface area contributed by atoms with Gasteiger partial charge in [-0.3, -0.25) is 9.69 Å². The Labute approximate surface area is 257 Å². The molecule has 0 unspecified atom stereocenters. The summed E-state index contributed by atoms with van der Waals surface area (Å²) in [6.07, 6.45) is 4.29. The van der Waals surface area contributed by atoms with Gasteiger partial charge < -0.3 is 15.5 Å². The van der Waals surface area contributed by atoms with Crippen molar-refractivity contribution in [3.63, 3.8) is 0 Å². The molecule has 0 radical (unpaired) electrons. The van der Waals surface area contributed by atoms with Crippen molar-refractivity contribution < 1.29 is 26.8 Å². The normalized spacial score (nSPS) is 15.1. The largest absolute Gasteiger partial charge is 0.459 e. The fourth-order valence-corrected chi connectivity index (χ4v) is 5.36. The van der Waals surface area contributed by atoms with Gasteiger partial charge in [-0.15, -0.1) is 0 Å². The number of piperidine rings is 1. The molecule has 6 nitrogen and oxygen atoms in total. The Kier molecular flexibility index (Phi) is 8.40. The number of nitrogens with two attached hydrogens (primary N) is 1. The number of likely N-dealkylation sites (tertiary alicyclic amines) is 1. The highest BCUT2D eigenvalue weighted by Gasteiger charge is 2.33. The molecule has 1 amide bonds. The quantitative estimate of drug-likeness (QED) is 0.139. The number of furan rings is 1. The smallest absolute Gasteiger partial charge is 0.250 e. The van der Waals surface area contributed by atoms with E-state index in [1.807, 2.05) is 41.3 Å². The van der Waals surface area contributed by atoms with Crippen molar-refractivity contribution >= 4 is 28.8 Å². The number of alkyl halides is 2. The fourth-order valence-electron chi connectivity index (χ4n) is 5.36. The molecule has 1 fully saturated rings. The van der Waals surface area contributed by atoms with E-state index in [4.69, 9.17) is 10.2 Å². The molecular formula is C35H30F4N4O2. The van der Waals surface area contributed by atoms with Gasteiger partial charge in [0.2, 0.25) is 5.91 Å². The van der Waals surface area contributed by atoms with Crippen molar-refractivity contribution in [1.82, 2.24) is 15.2 Å². The number of hydrogen-bond donors (Lipinski definition) is 2. The van der Waals surface area contributed by atoms with E-state index in [2.05, 4.69) is 10.3 Å². The number of anilines is 1. The summed E-state index contributed by atoms with van der Waals surface area (Å²) in [5.41, 5.74) is 10.5. The maximum Gasteiger partial charge on any atom is 0.250 e. The molecule has 3 heterocycles. The lowest BCUT2D eigenvalue weighted by atomic mass is 9.96. The summed E-state index contributed by atoms with van der Waals surface area (Å²) < 4.78 is 61.3. The number of pyridine rings is 1. The molecule has 0 aliphatic carbocycles. The number of rotatable bonds is 8. The molecule has 3 aromatic carbocycles. The minimum absolute atomic E-state index is 0.0987. The molecule has 3 N–H and O–H groups in total. The Morgan fingerprint density at radius 1 is 0.933 bits per heavy atom. The zero-order chi connectivity index (χ0) is 31.6. The first-order valence-electron chi connectivity index (χ1n) is 14.5. The van der Waals surface area contributed by atoms with Crippen molar-refractivity contribution in [1.29, 1.82) is 0 Å². The minimum Gasteiger partial charge on any atom is -0.459 e. The van der Waals surface area contributed by atoms with Crippen LogP contribution in [0.2, 0.25) is 0 Å². The van der Waals surface area contributed by atoms with E-state index < -0.39 is 17.6 Å². The monoisotopic (exact) mass is 614 g/mol. The molecule has 1 aliphatic rings. The number of nitrogens with zero attached hydrogens (tertiary/aromatic N) is 2. The molecule has 0 saturated carbocycles. The van der Waals surface area contributed by atoms with E-state index in [-0.39, 0.29) is 25.3 Å². The van der Waals surface area contributed by atoms with Crippen LogP contribution < -0.4 is 11.1 Å². The first-order chi connectivity index (χ1) is 21.6. The Hall–Kier alpha value is -4.96. The van der Waals surface area contributed by atoms with Crippen LogP contribution >= 0.6 is 0 Å². The van der Waals surface area contributed by atoms with Gasteiger partial charge in [0, 0.05) is 55.7 Å². The number of carbonyl (C=O) groups is 1. The Morgan fingerprint density at radius 2 is 1.69 bits per heavy atom. The molecule has 0 atom stereocenters. The van der Waals surface area contributed by atoms with E-state index in [0.717, 1.165) is 39.8 Å². The van der Waals surface area contributed by atoms with E-state index in [1.165, 1.54) is 12.1 Å². The number of nitrogens with one attached hydrogen (secondary N) is 1. The van der Waals surface area contributed by atoms with Gasteiger partial charge in [-0.05, 0) is 76.4 Å². The van der Waals surface area contributed by atoms with Crippen LogP contribution in [0.25, 0.3) is 39.3 Å². The Bertz CT molecular complexity index is 1860. The standard InChI is InChI=1S/C35H30F4N4O2/c36-30-8-7-25(18-31(30)37)29-17-26(24-5-1-23(2-6-24)21-43-13-11-35(38,39)12-14-43)15-27-16-28(45-34(27)29)20-42-33(44)10-4-22-3-9-32(40)41-19-22/h1-10,15-19H,11-14,20-21H2,(H2,40,41)(H,42,44). The number of carbonyl (C=O) groups excluding carboxylic acids is 1. The highest BCUT2D eigenvalue weighted by molar-refractivity contribution is 5.97. The maximum absolute atomic E-state index is 14.3. The van der Waals surface area contributed by atoms with Gasteiger partial charge in [-0.1, -0.05) is 30.3 Å². The van der Waals surface area contributed by atoms with Gasteiger partial charge in [0.05, 0.1) is 6.54 Å². The average Bonchev–Trinajstić information content (AvgIpc) is 3.45. The van der Waals surface area contributed by atoms with Crippen LogP contribution in [0, 0.1) is 11.6 Å². The van der Waals surface area contributed by atoms with Crippen LogP contribution in [0.4, 0.5) is 23.4 Å². The average molecular weight is 615 g/mol. The highest BCUT2D eigenvalue weighted by Crippen LogP contribution is 2.37. The molecule has 230 valence electrons. The number of benzene rings is 3. The molecular weight excluding hydrogens is 584 g/mol. The number of nitrogen functional groups attached to an aromatic ring is 1. The van der Waals surface area contributed by atoms with Crippen molar-refractivity contribution in [3.05, 3.63) is 114 Å². The predicted octanol–water partition coefficient (Wildman–Crippen LogP) is 7.58. The number of hydrogen-bond acceptors (Lipinski definition) is 5. The van der Waals surface area contributed by atoms with Crippen molar-refractivity contribution in [2.75, 3.05) is 18.8 Å². The second kappa shape index (κ2) is 12.6. The summed E-state index contributed by atoms with van der Waals surface area (Å²) in [5, 5.41) is 3.51. The van der Waals surface area contributed by atoms with Crippen LogP contribution in [-0.2, 0) is 17.9 Å².